The van der Waals surface area contributed by atoms with Gasteiger partial charge in [-0.2, -0.15) is 5.10 Å². The second kappa shape index (κ2) is 12.9. The Morgan fingerprint density at radius 3 is 2.51 bits per heavy atom. The number of morpholine rings is 1. The van der Waals surface area contributed by atoms with E-state index in [2.05, 4.69) is 4.90 Å². The van der Waals surface area contributed by atoms with E-state index in [0.29, 0.717) is 50.6 Å². The fraction of sp³-hybridized carbons (Fsp3) is 0.552. The average Bonchev–Trinajstić information content (AvgIpc) is 3.60. The van der Waals surface area contributed by atoms with Gasteiger partial charge in [-0.3, -0.25) is 14.5 Å². The monoisotopic (exact) mass is 556 g/mol. The molecule has 39 heavy (non-hydrogen) atoms. The Morgan fingerprint density at radius 1 is 1.13 bits per heavy atom. The Hall–Kier alpha value is -2.95. The van der Waals surface area contributed by atoms with Crippen LogP contribution < -0.4 is 9.47 Å². The van der Waals surface area contributed by atoms with Crippen molar-refractivity contribution in [2.75, 3.05) is 60.2 Å². The Kier molecular flexibility index (Phi) is 9.63. The SMILES string of the molecule is COc1ccc([C@H]2CC(c3cccs3)=NN2C(=O)CN(CCN2CCOCC2)C(=O)CC(C)(C)C)cc1OC. The number of methoxy groups -OCH3 is 2. The summed E-state index contributed by atoms with van der Waals surface area (Å²) >= 11 is 1.60. The number of amides is 2. The summed E-state index contributed by atoms with van der Waals surface area (Å²) in [7, 11) is 3.20. The third-order valence-electron chi connectivity index (χ3n) is 6.91. The summed E-state index contributed by atoms with van der Waals surface area (Å²) in [5.41, 5.74) is 1.58. The van der Waals surface area contributed by atoms with Crippen LogP contribution in [-0.4, -0.2) is 92.5 Å². The Bertz CT molecular complexity index is 1150. The van der Waals surface area contributed by atoms with Crippen molar-refractivity contribution in [3.05, 3.63) is 46.2 Å². The summed E-state index contributed by atoms with van der Waals surface area (Å²) in [6.07, 6.45) is 0.942. The van der Waals surface area contributed by atoms with Gasteiger partial charge in [0.05, 0.1) is 44.1 Å². The zero-order chi connectivity index (χ0) is 28.0. The fourth-order valence-corrected chi connectivity index (χ4v) is 5.55. The molecule has 9 nitrogen and oxygen atoms in total. The van der Waals surface area contributed by atoms with E-state index >= 15 is 0 Å². The highest BCUT2D eigenvalue weighted by molar-refractivity contribution is 7.12. The molecule has 0 unspecified atom stereocenters. The maximum Gasteiger partial charge on any atom is 0.262 e. The van der Waals surface area contributed by atoms with Gasteiger partial charge < -0.3 is 19.1 Å². The summed E-state index contributed by atoms with van der Waals surface area (Å²) in [5, 5.41) is 8.36. The van der Waals surface area contributed by atoms with Crippen molar-refractivity contribution in [1.29, 1.82) is 0 Å². The van der Waals surface area contributed by atoms with E-state index in [9.17, 15) is 9.59 Å². The molecule has 0 aliphatic carbocycles. The van der Waals surface area contributed by atoms with Crippen LogP contribution in [0.2, 0.25) is 0 Å². The van der Waals surface area contributed by atoms with Gasteiger partial charge in [0.15, 0.2) is 11.5 Å². The van der Waals surface area contributed by atoms with Crippen LogP contribution in [0.3, 0.4) is 0 Å². The lowest BCUT2D eigenvalue weighted by Gasteiger charge is -2.32. The van der Waals surface area contributed by atoms with Gasteiger partial charge in [-0.25, -0.2) is 5.01 Å². The van der Waals surface area contributed by atoms with Gasteiger partial charge in [0, 0.05) is 39.0 Å². The van der Waals surface area contributed by atoms with Crippen molar-refractivity contribution < 1.29 is 23.8 Å². The van der Waals surface area contributed by atoms with Crippen LogP contribution in [-0.2, 0) is 14.3 Å². The number of nitrogens with zero attached hydrogens (tertiary/aromatic N) is 4. The van der Waals surface area contributed by atoms with Crippen LogP contribution in [0.15, 0.2) is 40.8 Å². The van der Waals surface area contributed by atoms with Crippen molar-refractivity contribution in [2.24, 2.45) is 10.5 Å². The van der Waals surface area contributed by atoms with Gasteiger partial charge in [-0.05, 0) is 34.6 Å². The van der Waals surface area contributed by atoms with Gasteiger partial charge in [0.1, 0.15) is 6.54 Å². The molecule has 0 spiro atoms. The predicted molar refractivity (Wildman–Crippen MR) is 153 cm³/mol. The molecule has 3 heterocycles. The molecule has 1 saturated heterocycles. The number of carbonyl (C=O) groups is 2. The second-order valence-electron chi connectivity index (χ2n) is 11.1. The first-order chi connectivity index (χ1) is 18.7. The van der Waals surface area contributed by atoms with Crippen molar-refractivity contribution in [3.8, 4) is 11.5 Å². The van der Waals surface area contributed by atoms with Crippen LogP contribution in [0.1, 0.15) is 50.1 Å². The summed E-state index contributed by atoms with van der Waals surface area (Å²) in [5.74, 6) is 0.997. The molecule has 1 aromatic heterocycles. The summed E-state index contributed by atoms with van der Waals surface area (Å²) < 4.78 is 16.4. The molecular formula is C29H40N4O5S. The molecule has 1 aromatic carbocycles. The Balaban J connectivity index is 1.58. The molecule has 0 radical (unpaired) electrons. The maximum atomic E-state index is 13.9. The molecule has 0 saturated carbocycles. The van der Waals surface area contributed by atoms with Gasteiger partial charge in [0.25, 0.3) is 5.91 Å². The first kappa shape index (κ1) is 29.0. The van der Waals surface area contributed by atoms with E-state index in [-0.39, 0.29) is 29.8 Å². The molecule has 2 aliphatic rings. The van der Waals surface area contributed by atoms with Crippen LogP contribution >= 0.6 is 11.3 Å². The first-order valence-electron chi connectivity index (χ1n) is 13.4. The minimum Gasteiger partial charge on any atom is -0.493 e. The lowest BCUT2D eigenvalue weighted by atomic mass is 9.91. The topological polar surface area (TPSA) is 83.9 Å². The van der Waals surface area contributed by atoms with Crippen LogP contribution in [0.4, 0.5) is 0 Å². The molecule has 10 heteroatoms. The molecule has 2 aromatic rings. The van der Waals surface area contributed by atoms with Gasteiger partial charge in [0.2, 0.25) is 5.91 Å². The highest BCUT2D eigenvalue weighted by atomic mass is 32.1. The van der Waals surface area contributed by atoms with Crippen molar-refractivity contribution in [2.45, 2.75) is 39.7 Å². The largest absolute Gasteiger partial charge is 0.493 e. The first-order valence-corrected chi connectivity index (χ1v) is 14.3. The predicted octanol–water partition coefficient (Wildman–Crippen LogP) is 4.04. The van der Waals surface area contributed by atoms with Gasteiger partial charge in [-0.15, -0.1) is 11.3 Å². The van der Waals surface area contributed by atoms with Gasteiger partial charge in [-0.1, -0.05) is 32.9 Å². The number of benzene rings is 1. The normalized spacial score (nSPS) is 18.1. The van der Waals surface area contributed by atoms with E-state index in [1.54, 1.807) is 35.5 Å². The highest BCUT2D eigenvalue weighted by Crippen LogP contribution is 2.38. The van der Waals surface area contributed by atoms with Crippen molar-refractivity contribution in [3.63, 3.8) is 0 Å². The molecule has 2 aliphatic heterocycles. The van der Waals surface area contributed by atoms with E-state index in [1.165, 1.54) is 0 Å². The molecule has 0 bridgehead atoms. The molecule has 0 N–H and O–H groups in total. The zero-order valence-corrected chi connectivity index (χ0v) is 24.5. The third-order valence-corrected chi connectivity index (χ3v) is 7.83. The number of rotatable bonds is 10. The zero-order valence-electron chi connectivity index (χ0n) is 23.6. The lowest BCUT2D eigenvalue weighted by molar-refractivity contribution is -0.142. The Labute approximate surface area is 235 Å². The maximum absolute atomic E-state index is 13.9. The third kappa shape index (κ3) is 7.58. The van der Waals surface area contributed by atoms with Crippen LogP contribution in [0.25, 0.3) is 0 Å². The fourth-order valence-electron chi connectivity index (χ4n) is 4.83. The van der Waals surface area contributed by atoms with Crippen LogP contribution in [0, 0.1) is 5.41 Å². The van der Waals surface area contributed by atoms with E-state index in [0.717, 1.165) is 29.2 Å². The number of carbonyl (C=O) groups excluding carboxylic acids is 2. The standard InChI is InChI=1S/C29H40N4O5S/c1-29(2,3)19-27(34)32(11-10-31-12-14-38-15-13-31)20-28(35)33-23(18-22(30-33)26-7-6-16-39-26)21-8-9-24(36-4)25(17-21)37-5/h6-9,16-17,23H,10-15,18-20H2,1-5H3/t23-/m1/s1. The molecule has 212 valence electrons. The molecule has 2 amide bonds. The highest BCUT2D eigenvalue weighted by Gasteiger charge is 2.35. The van der Waals surface area contributed by atoms with Crippen molar-refractivity contribution >= 4 is 28.9 Å². The van der Waals surface area contributed by atoms with Crippen molar-refractivity contribution in [1.82, 2.24) is 14.8 Å². The minimum atomic E-state index is -0.312. The number of hydrazone groups is 1. The number of ether oxygens (including phenoxy) is 3. The number of thiophene rings is 1. The van der Waals surface area contributed by atoms with Crippen LogP contribution in [0.5, 0.6) is 11.5 Å². The van der Waals surface area contributed by atoms with E-state index in [4.69, 9.17) is 19.3 Å². The van der Waals surface area contributed by atoms with E-state index < -0.39 is 0 Å². The average molecular weight is 557 g/mol. The Morgan fingerprint density at radius 2 is 1.87 bits per heavy atom. The molecular weight excluding hydrogens is 516 g/mol. The summed E-state index contributed by atoms with van der Waals surface area (Å²) in [6.45, 7) is 10.3. The molecule has 1 atom stereocenters. The number of hydrogen-bond acceptors (Lipinski definition) is 8. The van der Waals surface area contributed by atoms with E-state index in [1.807, 2.05) is 56.5 Å². The minimum absolute atomic E-state index is 0.0200. The molecule has 1 fully saturated rings. The van der Waals surface area contributed by atoms with Gasteiger partial charge >= 0.3 is 0 Å². The second-order valence-corrected chi connectivity index (χ2v) is 12.1. The molecule has 4 rings (SSSR count). The lowest BCUT2D eigenvalue weighted by Crippen LogP contribution is -2.47. The smallest absolute Gasteiger partial charge is 0.262 e. The number of hydrogen-bond donors (Lipinski definition) is 0. The quantitative estimate of drug-likeness (QED) is 0.439. The summed E-state index contributed by atoms with van der Waals surface area (Å²) in [6, 6.07) is 9.38. The summed E-state index contributed by atoms with van der Waals surface area (Å²) in [4.78, 5) is 32.3.